The molecule has 14 nitrogen and oxygen atoms in total. The number of nitrogens with zero attached hydrogens (tertiary/aromatic N) is 2. The molecule has 0 radical (unpaired) electrons. The Balaban J connectivity index is 1.14. The fourth-order valence-electron chi connectivity index (χ4n) is 4.53. The van der Waals surface area contributed by atoms with Crippen molar-refractivity contribution in [2.24, 2.45) is 0 Å². The molecule has 0 bridgehead atoms. The van der Waals surface area contributed by atoms with E-state index in [2.05, 4.69) is 33.8 Å². The Labute approximate surface area is 276 Å². The Morgan fingerprint density at radius 3 is 1.48 bits per heavy atom. The summed E-state index contributed by atoms with van der Waals surface area (Å²) < 4.78 is 45.0. The second kappa shape index (κ2) is 17.6. The van der Waals surface area contributed by atoms with E-state index in [0.717, 1.165) is 11.1 Å². The van der Waals surface area contributed by atoms with Crippen LogP contribution in [0.25, 0.3) is 22.6 Å². The molecule has 1 saturated heterocycles. The van der Waals surface area contributed by atoms with Crippen molar-refractivity contribution in [2.45, 2.75) is 12.2 Å². The molecule has 2 aromatic carbocycles. The fraction of sp³-hybridized carbons (Fsp3) is 0.294. The van der Waals surface area contributed by atoms with Crippen LogP contribution in [0.4, 0.5) is 11.4 Å². The maximum absolute atomic E-state index is 13.2. The average molecular weight is 661 g/mol. The van der Waals surface area contributed by atoms with Crippen molar-refractivity contribution in [3.8, 4) is 22.6 Å². The average Bonchev–Trinajstić information content (AvgIpc) is 3.83. The minimum atomic E-state index is -1.13. The molecule has 0 saturated carbocycles. The van der Waals surface area contributed by atoms with Gasteiger partial charge >= 0.3 is 0 Å². The van der Waals surface area contributed by atoms with Gasteiger partial charge in [0.15, 0.2) is 36.5 Å². The SMILES string of the molecule is C=C1OCCOCCO[C@@H](C(=O)Nc2cccc(-c3cnco3)c2)C(=C)OCCOCCO[C@H]1C(=O)Nc1cccc(-c2cnco2)c1. The van der Waals surface area contributed by atoms with Gasteiger partial charge in [-0.15, -0.1) is 0 Å². The number of nitrogens with one attached hydrogen (secondary N) is 2. The van der Waals surface area contributed by atoms with Gasteiger partial charge in [-0.3, -0.25) is 9.59 Å². The standard InChI is InChI=1S/C34H36N4O10/c1-23-31(33(39)37-27-7-3-5-25(17-27)29-19-35-21-47-29)45-15-11-42-10-14-44-24(2)32(46-16-12-41-9-13-43-23)34(40)38-28-8-4-6-26(18-28)30-20-36-22-48-30/h3-8,17-22,31-32H,1-2,9-16H2,(H,37,39)(H,38,40)/t31-,32-/m1/s1. The lowest BCUT2D eigenvalue weighted by Crippen LogP contribution is -2.35. The molecule has 2 amide bonds. The number of oxazole rings is 2. The maximum Gasteiger partial charge on any atom is 0.261 e. The van der Waals surface area contributed by atoms with Gasteiger partial charge in [0.2, 0.25) is 0 Å². The van der Waals surface area contributed by atoms with Crippen molar-refractivity contribution in [3.05, 3.63) is 98.4 Å². The summed E-state index contributed by atoms with van der Waals surface area (Å²) in [5, 5.41) is 5.66. The number of hydrogen-bond donors (Lipinski definition) is 2. The first-order chi connectivity index (χ1) is 23.5. The van der Waals surface area contributed by atoms with Crippen LogP contribution in [-0.2, 0) is 38.0 Å². The van der Waals surface area contributed by atoms with Crippen LogP contribution < -0.4 is 10.6 Å². The van der Waals surface area contributed by atoms with Crippen molar-refractivity contribution in [3.63, 3.8) is 0 Å². The van der Waals surface area contributed by atoms with Crippen molar-refractivity contribution in [2.75, 3.05) is 63.5 Å². The summed E-state index contributed by atoms with van der Waals surface area (Å²) in [4.78, 5) is 34.3. The van der Waals surface area contributed by atoms with Gasteiger partial charge in [0.1, 0.15) is 24.7 Å². The summed E-state index contributed by atoms with van der Waals surface area (Å²) in [6, 6.07) is 14.2. The largest absolute Gasteiger partial charge is 0.493 e. The van der Waals surface area contributed by atoms with Gasteiger partial charge in [0.05, 0.1) is 52.0 Å². The second-order valence-corrected chi connectivity index (χ2v) is 10.2. The van der Waals surface area contributed by atoms with Crippen LogP contribution in [0, 0.1) is 0 Å². The molecule has 0 aliphatic carbocycles. The molecule has 4 aromatic rings. The zero-order valence-electron chi connectivity index (χ0n) is 26.1. The van der Waals surface area contributed by atoms with Gasteiger partial charge in [-0.25, -0.2) is 9.97 Å². The Morgan fingerprint density at radius 1 is 0.625 bits per heavy atom. The topological polar surface area (TPSA) is 166 Å². The number of amides is 2. The van der Waals surface area contributed by atoms with E-state index in [1.54, 1.807) is 48.8 Å². The van der Waals surface area contributed by atoms with E-state index >= 15 is 0 Å². The van der Waals surface area contributed by atoms with E-state index in [1.165, 1.54) is 12.8 Å². The Bertz CT molecular complexity index is 1520. The lowest BCUT2D eigenvalue weighted by molar-refractivity contribution is -0.131. The predicted molar refractivity (Wildman–Crippen MR) is 172 cm³/mol. The first-order valence-electron chi connectivity index (χ1n) is 15.1. The van der Waals surface area contributed by atoms with Gasteiger partial charge in [-0.1, -0.05) is 37.4 Å². The molecule has 0 spiro atoms. The third-order valence-electron chi connectivity index (χ3n) is 6.81. The van der Waals surface area contributed by atoms with Crippen molar-refractivity contribution in [1.29, 1.82) is 0 Å². The summed E-state index contributed by atoms with van der Waals surface area (Å²) in [7, 11) is 0. The Hall–Kier alpha value is -5.28. The zero-order chi connectivity index (χ0) is 33.6. The van der Waals surface area contributed by atoms with E-state index in [0.29, 0.717) is 22.9 Å². The van der Waals surface area contributed by atoms with E-state index in [-0.39, 0.29) is 64.4 Å². The van der Waals surface area contributed by atoms with Crippen LogP contribution in [0.3, 0.4) is 0 Å². The predicted octanol–water partition coefficient (Wildman–Crippen LogP) is 4.45. The molecular formula is C34H36N4O10. The van der Waals surface area contributed by atoms with Crippen LogP contribution in [0.15, 0.2) is 107 Å². The maximum atomic E-state index is 13.2. The first-order valence-corrected chi connectivity index (χ1v) is 15.1. The quantitative estimate of drug-likeness (QED) is 0.299. The monoisotopic (exact) mass is 660 g/mol. The van der Waals surface area contributed by atoms with Gasteiger partial charge < -0.3 is 47.9 Å². The van der Waals surface area contributed by atoms with Crippen molar-refractivity contribution < 1.29 is 46.8 Å². The summed E-state index contributed by atoms with van der Waals surface area (Å²) in [6.07, 6.45) is 3.57. The highest BCUT2D eigenvalue weighted by molar-refractivity contribution is 5.97. The Morgan fingerprint density at radius 2 is 1.06 bits per heavy atom. The van der Waals surface area contributed by atoms with Crippen LogP contribution in [-0.4, -0.2) is 86.8 Å². The van der Waals surface area contributed by atoms with Crippen LogP contribution >= 0.6 is 0 Å². The minimum absolute atomic E-state index is 0.0529. The molecule has 252 valence electrons. The fourth-order valence-corrected chi connectivity index (χ4v) is 4.53. The number of ether oxygens (including phenoxy) is 6. The highest BCUT2D eigenvalue weighted by atomic mass is 16.6. The molecule has 48 heavy (non-hydrogen) atoms. The van der Waals surface area contributed by atoms with Crippen LogP contribution in [0.1, 0.15) is 0 Å². The molecule has 2 N–H and O–H groups in total. The summed E-state index contributed by atoms with van der Waals surface area (Å²) >= 11 is 0. The van der Waals surface area contributed by atoms with Gasteiger partial charge in [-0.2, -0.15) is 0 Å². The minimum Gasteiger partial charge on any atom is -0.493 e. The molecule has 5 rings (SSSR count). The number of anilines is 2. The number of carbonyl (C=O) groups excluding carboxylic acids is 2. The molecule has 14 heteroatoms. The molecule has 2 atom stereocenters. The van der Waals surface area contributed by atoms with Crippen LogP contribution in [0.5, 0.6) is 0 Å². The first kappa shape index (κ1) is 34.1. The lowest BCUT2D eigenvalue weighted by Gasteiger charge is -2.22. The van der Waals surface area contributed by atoms with Crippen molar-refractivity contribution >= 4 is 23.2 Å². The number of hydrogen-bond acceptors (Lipinski definition) is 12. The molecule has 0 unspecified atom stereocenters. The molecule has 1 fully saturated rings. The number of carbonyl (C=O) groups is 2. The van der Waals surface area contributed by atoms with E-state index in [1.807, 2.05) is 12.1 Å². The summed E-state index contributed by atoms with van der Waals surface area (Å²) in [6.45, 7) is 8.68. The normalized spacial score (nSPS) is 18.8. The molecular weight excluding hydrogens is 624 g/mol. The second-order valence-electron chi connectivity index (χ2n) is 10.2. The van der Waals surface area contributed by atoms with E-state index in [9.17, 15) is 9.59 Å². The van der Waals surface area contributed by atoms with Gasteiger partial charge in [0.25, 0.3) is 11.8 Å². The van der Waals surface area contributed by atoms with Crippen LogP contribution in [0.2, 0.25) is 0 Å². The lowest BCUT2D eigenvalue weighted by atomic mass is 10.1. The highest BCUT2D eigenvalue weighted by Gasteiger charge is 2.26. The molecule has 2 aromatic heterocycles. The highest BCUT2D eigenvalue weighted by Crippen LogP contribution is 2.24. The third-order valence-corrected chi connectivity index (χ3v) is 6.81. The Kier molecular flexibility index (Phi) is 12.5. The zero-order valence-corrected chi connectivity index (χ0v) is 26.1. The number of aromatic nitrogens is 2. The molecule has 1 aliphatic heterocycles. The number of rotatable bonds is 6. The summed E-state index contributed by atoms with van der Waals surface area (Å²) in [5.74, 6) is 0.364. The number of benzene rings is 2. The molecule has 3 heterocycles. The van der Waals surface area contributed by atoms with E-state index in [4.69, 9.17) is 37.3 Å². The smallest absolute Gasteiger partial charge is 0.261 e. The van der Waals surface area contributed by atoms with Gasteiger partial charge in [0, 0.05) is 22.5 Å². The van der Waals surface area contributed by atoms with Gasteiger partial charge in [-0.05, 0) is 24.3 Å². The van der Waals surface area contributed by atoms with E-state index < -0.39 is 24.0 Å². The molecule has 1 aliphatic rings. The van der Waals surface area contributed by atoms with Crippen molar-refractivity contribution in [1.82, 2.24) is 9.97 Å². The summed E-state index contributed by atoms with van der Waals surface area (Å²) in [5.41, 5.74) is 2.53. The third kappa shape index (κ3) is 9.86.